The monoisotopic (exact) mass is 503 g/mol. The lowest BCUT2D eigenvalue weighted by atomic mass is 9.69. The van der Waals surface area contributed by atoms with E-state index in [1.807, 2.05) is 31.2 Å². The molecule has 1 aliphatic heterocycles. The molecule has 0 spiro atoms. The second kappa shape index (κ2) is 10.4. The molecule has 0 saturated carbocycles. The van der Waals surface area contributed by atoms with Gasteiger partial charge in [0.25, 0.3) is 0 Å². The van der Waals surface area contributed by atoms with Crippen LogP contribution in [0.3, 0.4) is 0 Å². The maximum absolute atomic E-state index is 12.5. The van der Waals surface area contributed by atoms with E-state index in [4.69, 9.17) is 16.3 Å². The van der Waals surface area contributed by atoms with Crippen LogP contribution in [0, 0.1) is 19.3 Å². The number of rotatable bonds is 7. The lowest BCUT2D eigenvalue weighted by Crippen LogP contribution is -2.33. The van der Waals surface area contributed by atoms with Gasteiger partial charge in [-0.2, -0.15) is 0 Å². The summed E-state index contributed by atoms with van der Waals surface area (Å²) >= 11 is 0. The third-order valence-corrected chi connectivity index (χ3v) is 7.53. The van der Waals surface area contributed by atoms with Crippen molar-refractivity contribution in [1.82, 2.24) is 9.88 Å². The first-order valence-electron chi connectivity index (χ1n) is 12.5. The molecule has 37 heavy (non-hydrogen) atoms. The molecule has 1 unspecified atom stereocenters. The van der Waals surface area contributed by atoms with Crippen molar-refractivity contribution < 1.29 is 14.6 Å². The zero-order valence-electron chi connectivity index (χ0n) is 22.3. The number of hydrazine groups is 1. The van der Waals surface area contributed by atoms with Gasteiger partial charge in [-0.05, 0) is 67.6 Å². The summed E-state index contributed by atoms with van der Waals surface area (Å²) in [7, 11) is 1.73. The number of nitrogens with zero attached hydrogens (tertiary/aromatic N) is 3. The minimum absolute atomic E-state index is 0.414. The first kappa shape index (κ1) is 26.4. The van der Waals surface area contributed by atoms with Crippen molar-refractivity contribution in [3.05, 3.63) is 82.2 Å². The Bertz CT molecular complexity index is 1300. The summed E-state index contributed by atoms with van der Waals surface area (Å²) in [5.41, 5.74) is 12.7. The Hall–Kier alpha value is -3.62. The van der Waals surface area contributed by atoms with Crippen LogP contribution in [0.25, 0.3) is 0 Å². The smallest absolute Gasteiger partial charge is 0.310 e. The normalized spacial score (nSPS) is 14.9. The molecule has 0 aliphatic carbocycles. The molecule has 0 fully saturated rings. The van der Waals surface area contributed by atoms with Crippen LogP contribution >= 0.6 is 0 Å². The Morgan fingerprint density at radius 3 is 2.70 bits per heavy atom. The van der Waals surface area contributed by atoms with Gasteiger partial charge in [-0.15, -0.1) is 0 Å². The van der Waals surface area contributed by atoms with Crippen LogP contribution in [0.2, 0.25) is 0 Å². The Morgan fingerprint density at radius 1 is 1.24 bits per heavy atom. The summed E-state index contributed by atoms with van der Waals surface area (Å²) in [6.45, 7) is 10.4. The van der Waals surface area contributed by atoms with Gasteiger partial charge in [-0.25, -0.2) is 5.84 Å². The second-order valence-corrected chi connectivity index (χ2v) is 10.5. The van der Waals surface area contributed by atoms with Crippen molar-refractivity contribution in [3.63, 3.8) is 0 Å². The Morgan fingerprint density at radius 2 is 2.00 bits per heavy atom. The third-order valence-electron chi connectivity index (χ3n) is 7.53. The lowest BCUT2D eigenvalue weighted by molar-refractivity contribution is -0.147. The quantitative estimate of drug-likeness (QED) is 0.249. The molecule has 0 radical (unpaired) electrons. The molecule has 1 aromatic heterocycles. The van der Waals surface area contributed by atoms with Gasteiger partial charge in [0.2, 0.25) is 0 Å². The highest BCUT2D eigenvalue weighted by atomic mass is 16.5. The number of aliphatic carboxylic acids is 1. The maximum atomic E-state index is 12.5. The minimum Gasteiger partial charge on any atom is -0.490 e. The van der Waals surface area contributed by atoms with Gasteiger partial charge in [0.15, 0.2) is 0 Å². The highest BCUT2D eigenvalue weighted by Gasteiger charge is 2.40. The number of hydrogen-bond donors (Lipinski definition) is 3. The lowest BCUT2D eigenvalue weighted by Gasteiger charge is -2.34. The number of nitrogen functional groups attached to an aromatic ring is 1. The van der Waals surface area contributed by atoms with Crippen LogP contribution in [0.1, 0.15) is 53.1 Å². The van der Waals surface area contributed by atoms with Gasteiger partial charge in [0, 0.05) is 44.4 Å². The maximum Gasteiger partial charge on any atom is 0.310 e. The number of carboxylic acids is 1. The van der Waals surface area contributed by atoms with E-state index in [0.29, 0.717) is 18.0 Å². The fourth-order valence-corrected chi connectivity index (χ4v) is 5.15. The van der Waals surface area contributed by atoms with Crippen molar-refractivity contribution in [2.75, 3.05) is 30.9 Å². The number of benzene rings is 2. The average Bonchev–Trinajstić information content (AvgIpc) is 3.05. The van der Waals surface area contributed by atoms with Crippen LogP contribution in [0.4, 0.5) is 11.4 Å². The van der Waals surface area contributed by atoms with Crippen LogP contribution in [0.5, 0.6) is 5.75 Å². The molecule has 0 amide bonds. The predicted molar refractivity (Wildman–Crippen MR) is 146 cm³/mol. The summed E-state index contributed by atoms with van der Waals surface area (Å²) < 4.78 is 5.89. The molecule has 4 rings (SSSR count). The van der Waals surface area contributed by atoms with E-state index in [1.54, 1.807) is 33.3 Å². The molecule has 1 aliphatic rings. The summed E-state index contributed by atoms with van der Waals surface area (Å²) in [6.07, 6.45) is 3.56. The summed E-state index contributed by atoms with van der Waals surface area (Å²) in [4.78, 5) is 19.0. The molecular weight excluding hydrogens is 466 g/mol. The Balaban J connectivity index is 1.75. The van der Waals surface area contributed by atoms with E-state index >= 15 is 0 Å². The number of carbonyl (C=O) groups is 1. The van der Waals surface area contributed by atoms with E-state index in [1.165, 1.54) is 5.01 Å². The standard InChI is InChI=1S/C29H37N5O3/c1-18-6-7-20(14-22(18)17-34-12-13-37-25-15-32-11-10-21(25)16-34)26(29(3,4)28(35)36)23-8-9-24(33(5)31)27(30)19(23)2/h6-11,14-15,26H,12-13,16-17,30-31H2,1-5H3,(H,35,36). The van der Waals surface area contributed by atoms with Gasteiger partial charge >= 0.3 is 5.97 Å². The van der Waals surface area contributed by atoms with Gasteiger partial charge in [0.05, 0.1) is 23.0 Å². The van der Waals surface area contributed by atoms with E-state index in [-0.39, 0.29) is 0 Å². The van der Waals surface area contributed by atoms with E-state index < -0.39 is 17.3 Å². The Labute approximate surface area is 218 Å². The summed E-state index contributed by atoms with van der Waals surface area (Å²) in [6, 6.07) is 12.1. The Kier molecular flexibility index (Phi) is 7.43. The molecular formula is C29H37N5O3. The van der Waals surface area contributed by atoms with Crippen LogP contribution in [-0.4, -0.2) is 41.2 Å². The fourth-order valence-electron chi connectivity index (χ4n) is 5.15. The van der Waals surface area contributed by atoms with Gasteiger partial charge in [-0.1, -0.05) is 24.3 Å². The van der Waals surface area contributed by atoms with Crippen molar-refractivity contribution in [2.24, 2.45) is 11.3 Å². The van der Waals surface area contributed by atoms with Gasteiger partial charge < -0.3 is 20.6 Å². The zero-order chi connectivity index (χ0) is 26.9. The molecule has 3 aromatic rings. The predicted octanol–water partition coefficient (Wildman–Crippen LogP) is 4.23. The molecule has 0 saturated heterocycles. The van der Waals surface area contributed by atoms with Crippen LogP contribution in [0.15, 0.2) is 48.8 Å². The number of anilines is 2. The van der Waals surface area contributed by atoms with Crippen molar-refractivity contribution in [1.29, 1.82) is 0 Å². The SMILES string of the molecule is Cc1ccc(C(c2ccc(N(C)N)c(N)c2C)C(C)(C)C(=O)O)cc1CN1CCOc2cnccc2C1. The first-order valence-corrected chi connectivity index (χ1v) is 12.5. The second-order valence-electron chi connectivity index (χ2n) is 10.5. The van der Waals surface area contributed by atoms with Gasteiger partial charge in [0.1, 0.15) is 12.4 Å². The zero-order valence-corrected chi connectivity index (χ0v) is 22.3. The number of carboxylic acid groups (broad SMARTS) is 1. The van der Waals surface area contributed by atoms with E-state index in [9.17, 15) is 9.90 Å². The highest BCUT2D eigenvalue weighted by molar-refractivity contribution is 5.78. The fraction of sp³-hybridized carbons (Fsp3) is 0.379. The van der Waals surface area contributed by atoms with Crippen molar-refractivity contribution >= 4 is 17.3 Å². The molecule has 1 atom stereocenters. The largest absolute Gasteiger partial charge is 0.490 e. The number of aryl methyl sites for hydroxylation is 1. The van der Waals surface area contributed by atoms with Crippen molar-refractivity contribution in [3.8, 4) is 5.75 Å². The molecule has 8 heteroatoms. The number of nitrogens with two attached hydrogens (primary N) is 2. The number of fused-ring (bicyclic) bond motifs is 1. The molecule has 196 valence electrons. The minimum atomic E-state index is -1.08. The van der Waals surface area contributed by atoms with Crippen LogP contribution < -0.4 is 21.3 Å². The molecule has 2 aromatic carbocycles. The number of hydrogen-bond acceptors (Lipinski definition) is 7. The number of ether oxygens (including phenoxy) is 1. The van der Waals surface area contributed by atoms with E-state index in [2.05, 4.69) is 28.9 Å². The summed E-state index contributed by atoms with van der Waals surface area (Å²) in [5.74, 6) is 5.51. The molecule has 2 heterocycles. The van der Waals surface area contributed by atoms with Gasteiger partial charge in [-0.3, -0.25) is 14.7 Å². The van der Waals surface area contributed by atoms with Crippen LogP contribution in [-0.2, 0) is 17.9 Å². The highest BCUT2D eigenvalue weighted by Crippen LogP contribution is 2.45. The summed E-state index contributed by atoms with van der Waals surface area (Å²) in [5, 5.41) is 11.7. The average molecular weight is 504 g/mol. The molecule has 5 N–H and O–H groups in total. The topological polar surface area (TPSA) is 118 Å². The van der Waals surface area contributed by atoms with Crippen molar-refractivity contribution in [2.45, 2.75) is 46.7 Å². The third kappa shape index (κ3) is 5.26. The molecule has 0 bridgehead atoms. The first-order chi connectivity index (χ1) is 17.5. The number of pyridine rings is 1. The molecule has 8 nitrogen and oxygen atoms in total. The van der Waals surface area contributed by atoms with E-state index in [0.717, 1.165) is 58.8 Å². The number of aromatic nitrogens is 1.